The van der Waals surface area contributed by atoms with E-state index in [1.54, 1.807) is 6.07 Å². The van der Waals surface area contributed by atoms with Gasteiger partial charge in [-0.25, -0.2) is 0 Å². The average Bonchev–Trinajstić information content (AvgIpc) is 3.23. The van der Waals surface area contributed by atoms with Crippen molar-refractivity contribution in [2.24, 2.45) is 0 Å². The van der Waals surface area contributed by atoms with Crippen LogP contribution in [0.15, 0.2) is 48.5 Å². The molecule has 2 N–H and O–H groups in total. The van der Waals surface area contributed by atoms with Crippen molar-refractivity contribution >= 4 is 34.8 Å². The van der Waals surface area contributed by atoms with Crippen LogP contribution in [0.4, 0.5) is 11.4 Å². The molecule has 5 nitrogen and oxygen atoms in total. The zero-order valence-electron chi connectivity index (χ0n) is 15.2. The van der Waals surface area contributed by atoms with Gasteiger partial charge in [-0.15, -0.1) is 11.6 Å². The van der Waals surface area contributed by atoms with Gasteiger partial charge < -0.3 is 15.5 Å². The number of benzene rings is 2. The topological polar surface area (TPSA) is 61.4 Å². The maximum absolute atomic E-state index is 12.8. The van der Waals surface area contributed by atoms with Crippen LogP contribution in [0.25, 0.3) is 0 Å². The molecule has 0 radical (unpaired) electrons. The molecule has 142 valence electrons. The maximum atomic E-state index is 12.8. The van der Waals surface area contributed by atoms with Gasteiger partial charge in [0.05, 0.1) is 5.56 Å². The molecule has 0 bridgehead atoms. The molecule has 1 fully saturated rings. The third kappa shape index (κ3) is 5.23. The maximum Gasteiger partial charge on any atom is 0.253 e. The molecule has 0 atom stereocenters. The van der Waals surface area contributed by atoms with E-state index in [2.05, 4.69) is 15.5 Å². The quantitative estimate of drug-likeness (QED) is 0.718. The van der Waals surface area contributed by atoms with Crippen LogP contribution in [0.2, 0.25) is 0 Å². The van der Waals surface area contributed by atoms with E-state index >= 15 is 0 Å². The number of anilines is 2. The Balaban J connectivity index is 1.73. The Bertz CT molecular complexity index is 789. The highest BCUT2D eigenvalue weighted by Crippen LogP contribution is 2.27. The van der Waals surface area contributed by atoms with Crippen molar-refractivity contribution in [3.8, 4) is 0 Å². The van der Waals surface area contributed by atoms with Crippen LogP contribution in [0, 0.1) is 0 Å². The minimum absolute atomic E-state index is 0.119. The minimum Gasteiger partial charge on any atom is -0.371 e. The predicted molar refractivity (Wildman–Crippen MR) is 110 cm³/mol. The fraction of sp³-hybridized carbons (Fsp3) is 0.333. The Morgan fingerprint density at radius 1 is 1.04 bits per heavy atom. The predicted octanol–water partition coefficient (Wildman–Crippen LogP) is 3.44. The largest absolute Gasteiger partial charge is 0.371 e. The molecule has 0 aromatic heterocycles. The average molecular weight is 386 g/mol. The molecular weight excluding hydrogens is 362 g/mol. The van der Waals surface area contributed by atoms with E-state index in [4.69, 9.17) is 11.6 Å². The third-order valence-electron chi connectivity index (χ3n) is 4.64. The van der Waals surface area contributed by atoms with E-state index in [0.29, 0.717) is 17.8 Å². The molecular formula is C21H24ClN3O2. The SMILES string of the molecule is O=C(CCl)Nc1ccc(N2CCCC2)c(C(=O)NCCc2ccccc2)c1. The van der Waals surface area contributed by atoms with Crippen molar-refractivity contribution in [3.05, 3.63) is 59.7 Å². The molecule has 27 heavy (non-hydrogen) atoms. The summed E-state index contributed by atoms with van der Waals surface area (Å²) >= 11 is 5.57. The molecule has 3 rings (SSSR count). The van der Waals surface area contributed by atoms with Gasteiger partial charge in [0.1, 0.15) is 5.88 Å². The molecule has 1 saturated heterocycles. The van der Waals surface area contributed by atoms with Crippen LogP contribution in [0.1, 0.15) is 28.8 Å². The smallest absolute Gasteiger partial charge is 0.253 e. The number of hydrogen-bond acceptors (Lipinski definition) is 3. The molecule has 0 spiro atoms. The van der Waals surface area contributed by atoms with Crippen LogP contribution in [0.5, 0.6) is 0 Å². The Morgan fingerprint density at radius 3 is 2.48 bits per heavy atom. The van der Waals surface area contributed by atoms with Gasteiger partial charge in [-0.05, 0) is 43.0 Å². The summed E-state index contributed by atoms with van der Waals surface area (Å²) in [6, 6.07) is 15.5. The lowest BCUT2D eigenvalue weighted by molar-refractivity contribution is -0.113. The Hall–Kier alpha value is -2.53. The monoisotopic (exact) mass is 385 g/mol. The first kappa shape index (κ1) is 19.2. The first-order valence-corrected chi connectivity index (χ1v) is 9.78. The van der Waals surface area contributed by atoms with Crippen LogP contribution >= 0.6 is 11.6 Å². The minimum atomic E-state index is -0.291. The van der Waals surface area contributed by atoms with Gasteiger partial charge in [-0.1, -0.05) is 30.3 Å². The number of hydrogen-bond donors (Lipinski definition) is 2. The standard InChI is InChI=1S/C21H24ClN3O2/c22-15-20(26)24-17-8-9-19(25-12-4-5-13-25)18(14-17)21(27)23-11-10-16-6-2-1-3-7-16/h1-3,6-9,14H,4-5,10-13,15H2,(H,23,27)(H,24,26). The van der Waals surface area contributed by atoms with Gasteiger partial charge in [0.2, 0.25) is 5.91 Å². The summed E-state index contributed by atoms with van der Waals surface area (Å²) in [6.07, 6.45) is 3.02. The summed E-state index contributed by atoms with van der Waals surface area (Å²) in [4.78, 5) is 26.6. The van der Waals surface area contributed by atoms with Crippen LogP contribution in [-0.2, 0) is 11.2 Å². The second-order valence-electron chi connectivity index (χ2n) is 6.60. The zero-order chi connectivity index (χ0) is 19.1. The summed E-state index contributed by atoms with van der Waals surface area (Å²) in [6.45, 7) is 2.44. The fourth-order valence-corrected chi connectivity index (χ4v) is 3.35. The molecule has 2 amide bonds. The van der Waals surface area contributed by atoms with Crippen molar-refractivity contribution < 1.29 is 9.59 Å². The number of nitrogens with zero attached hydrogens (tertiary/aromatic N) is 1. The first-order valence-electron chi connectivity index (χ1n) is 9.24. The Morgan fingerprint density at radius 2 is 1.78 bits per heavy atom. The van der Waals surface area contributed by atoms with E-state index in [1.165, 1.54) is 5.56 Å². The number of carbonyl (C=O) groups excluding carboxylic acids is 2. The highest BCUT2D eigenvalue weighted by Gasteiger charge is 2.20. The van der Waals surface area contributed by atoms with E-state index in [1.807, 2.05) is 42.5 Å². The number of halogens is 1. The molecule has 0 aliphatic carbocycles. The Kier molecular flexibility index (Phi) is 6.71. The van der Waals surface area contributed by atoms with Crippen LogP contribution in [0.3, 0.4) is 0 Å². The van der Waals surface area contributed by atoms with Crippen molar-refractivity contribution in [1.29, 1.82) is 0 Å². The Labute approximate surface area is 164 Å². The third-order valence-corrected chi connectivity index (χ3v) is 4.88. The van der Waals surface area contributed by atoms with E-state index < -0.39 is 0 Å². The highest BCUT2D eigenvalue weighted by atomic mass is 35.5. The summed E-state index contributed by atoms with van der Waals surface area (Å²) in [7, 11) is 0. The van der Waals surface area contributed by atoms with Crippen molar-refractivity contribution in [2.75, 3.05) is 35.7 Å². The summed E-state index contributed by atoms with van der Waals surface area (Å²) in [5.74, 6) is -0.539. The fourth-order valence-electron chi connectivity index (χ4n) is 3.28. The van der Waals surface area contributed by atoms with Crippen LogP contribution in [-0.4, -0.2) is 37.3 Å². The molecule has 2 aromatic carbocycles. The summed E-state index contributed by atoms with van der Waals surface area (Å²) in [5, 5.41) is 5.72. The molecule has 0 unspecified atom stereocenters. The van der Waals surface area contributed by atoms with Gasteiger partial charge >= 0.3 is 0 Å². The summed E-state index contributed by atoms with van der Waals surface area (Å²) in [5.41, 5.74) is 3.25. The van der Waals surface area contributed by atoms with Crippen molar-refractivity contribution in [2.45, 2.75) is 19.3 Å². The molecule has 0 saturated carbocycles. The number of amides is 2. The highest BCUT2D eigenvalue weighted by molar-refractivity contribution is 6.29. The second-order valence-corrected chi connectivity index (χ2v) is 6.87. The van der Waals surface area contributed by atoms with Gasteiger partial charge in [0.25, 0.3) is 5.91 Å². The lowest BCUT2D eigenvalue weighted by Crippen LogP contribution is -2.29. The lowest BCUT2D eigenvalue weighted by atomic mass is 10.1. The molecule has 6 heteroatoms. The number of rotatable bonds is 7. The second kappa shape index (κ2) is 9.42. The van der Waals surface area contributed by atoms with Crippen molar-refractivity contribution in [3.63, 3.8) is 0 Å². The van der Waals surface area contributed by atoms with Crippen LogP contribution < -0.4 is 15.5 Å². The molecule has 1 aliphatic rings. The van der Waals surface area contributed by atoms with E-state index in [-0.39, 0.29) is 17.7 Å². The normalized spacial score (nSPS) is 13.4. The van der Waals surface area contributed by atoms with Gasteiger partial charge in [0.15, 0.2) is 0 Å². The first-order chi connectivity index (χ1) is 13.2. The zero-order valence-corrected chi connectivity index (χ0v) is 16.0. The number of alkyl halides is 1. The van der Waals surface area contributed by atoms with Gasteiger partial charge in [-0.2, -0.15) is 0 Å². The number of nitrogens with one attached hydrogen (secondary N) is 2. The van der Waals surface area contributed by atoms with Gasteiger partial charge in [-0.3, -0.25) is 9.59 Å². The van der Waals surface area contributed by atoms with Crippen molar-refractivity contribution in [1.82, 2.24) is 5.32 Å². The molecule has 1 heterocycles. The lowest BCUT2D eigenvalue weighted by Gasteiger charge is -2.22. The van der Waals surface area contributed by atoms with E-state index in [0.717, 1.165) is 38.0 Å². The summed E-state index contributed by atoms with van der Waals surface area (Å²) < 4.78 is 0. The van der Waals surface area contributed by atoms with E-state index in [9.17, 15) is 9.59 Å². The van der Waals surface area contributed by atoms with Gasteiger partial charge in [0, 0.05) is 31.0 Å². The molecule has 1 aliphatic heterocycles. The number of carbonyl (C=O) groups is 2. The molecule has 2 aromatic rings.